The highest BCUT2D eigenvalue weighted by atomic mass is 16.5. The number of hydrogen-bond acceptors (Lipinski definition) is 4. The van der Waals surface area contributed by atoms with E-state index in [1.807, 2.05) is 54.1 Å². The van der Waals surface area contributed by atoms with Crippen LogP contribution in [0.25, 0.3) is 22.3 Å². The predicted molar refractivity (Wildman–Crippen MR) is 131 cm³/mol. The highest BCUT2D eigenvalue weighted by Crippen LogP contribution is 2.35. The number of nitrogens with zero attached hydrogens (tertiary/aromatic N) is 3. The first kappa shape index (κ1) is 22.5. The van der Waals surface area contributed by atoms with Crippen LogP contribution < -0.4 is 10.1 Å². The van der Waals surface area contributed by atoms with Crippen molar-refractivity contribution in [2.24, 2.45) is 0 Å². The molecule has 170 valence electrons. The van der Waals surface area contributed by atoms with Gasteiger partial charge in [-0.1, -0.05) is 49.4 Å². The van der Waals surface area contributed by atoms with Gasteiger partial charge in [0.1, 0.15) is 11.4 Å². The van der Waals surface area contributed by atoms with Crippen molar-refractivity contribution < 1.29 is 9.53 Å². The van der Waals surface area contributed by atoms with Gasteiger partial charge in [-0.3, -0.25) is 4.79 Å². The van der Waals surface area contributed by atoms with Gasteiger partial charge in [-0.15, -0.1) is 0 Å². The molecule has 33 heavy (non-hydrogen) atoms. The fourth-order valence-corrected chi connectivity index (χ4v) is 4.16. The lowest BCUT2D eigenvalue weighted by molar-refractivity contribution is -0.121. The molecule has 1 unspecified atom stereocenters. The summed E-state index contributed by atoms with van der Waals surface area (Å²) in [4.78, 5) is 17.4. The van der Waals surface area contributed by atoms with Crippen LogP contribution in [-0.2, 0) is 11.3 Å². The third kappa shape index (κ3) is 4.90. The Balaban J connectivity index is 1.55. The highest BCUT2D eigenvalue weighted by molar-refractivity contribution is 5.95. The standard InChI is InChI=1S/C27H30N4O2/c1-18-16-20(3)29-27-25(18)26(22-12-8-9-13-23(22)33-4)30-31(27)15-14-24(32)28-17-19(2)21-10-6-5-7-11-21/h5-13,16,19H,14-15,17H2,1-4H3,(H,28,32). The fraction of sp³-hybridized carbons (Fsp3) is 0.296. The average Bonchev–Trinajstić information content (AvgIpc) is 3.20. The van der Waals surface area contributed by atoms with Gasteiger partial charge in [0.05, 0.1) is 19.0 Å². The summed E-state index contributed by atoms with van der Waals surface area (Å²) in [7, 11) is 1.66. The van der Waals surface area contributed by atoms with Crippen molar-refractivity contribution in [3.8, 4) is 17.0 Å². The second-order valence-electron chi connectivity index (χ2n) is 8.42. The minimum atomic E-state index is 0.00430. The quantitative estimate of drug-likeness (QED) is 0.415. The monoisotopic (exact) mass is 442 g/mol. The van der Waals surface area contributed by atoms with Crippen LogP contribution in [0, 0.1) is 13.8 Å². The Morgan fingerprint density at radius 2 is 1.82 bits per heavy atom. The van der Waals surface area contributed by atoms with E-state index in [-0.39, 0.29) is 11.8 Å². The van der Waals surface area contributed by atoms with Crippen molar-refractivity contribution in [2.75, 3.05) is 13.7 Å². The Labute approximate surface area is 194 Å². The minimum Gasteiger partial charge on any atom is -0.496 e. The number of hydrogen-bond donors (Lipinski definition) is 1. The number of carbonyl (C=O) groups excluding carboxylic acids is 1. The molecular weight excluding hydrogens is 412 g/mol. The van der Waals surface area contributed by atoms with E-state index in [1.165, 1.54) is 5.56 Å². The van der Waals surface area contributed by atoms with Crippen LogP contribution in [0.4, 0.5) is 0 Å². The summed E-state index contributed by atoms with van der Waals surface area (Å²) >= 11 is 0. The molecule has 2 heterocycles. The number of ether oxygens (including phenoxy) is 1. The van der Waals surface area contributed by atoms with Gasteiger partial charge in [-0.25, -0.2) is 9.67 Å². The first-order chi connectivity index (χ1) is 16.0. The molecule has 0 saturated heterocycles. The van der Waals surface area contributed by atoms with Gasteiger partial charge in [0, 0.05) is 24.2 Å². The summed E-state index contributed by atoms with van der Waals surface area (Å²) in [6.07, 6.45) is 0.332. The maximum Gasteiger partial charge on any atom is 0.221 e. The molecule has 0 radical (unpaired) electrons. The van der Waals surface area contributed by atoms with E-state index in [0.29, 0.717) is 19.5 Å². The van der Waals surface area contributed by atoms with Gasteiger partial charge in [-0.2, -0.15) is 5.10 Å². The van der Waals surface area contributed by atoms with Crippen molar-refractivity contribution in [3.05, 3.63) is 77.5 Å². The number of aryl methyl sites for hydroxylation is 3. The maximum atomic E-state index is 12.6. The molecular formula is C27H30N4O2. The predicted octanol–water partition coefficient (Wildman–Crippen LogP) is 5.03. The molecule has 0 aliphatic carbocycles. The second kappa shape index (κ2) is 9.86. The van der Waals surface area contributed by atoms with Crippen molar-refractivity contribution >= 4 is 16.9 Å². The molecule has 0 saturated carbocycles. The molecule has 6 nitrogen and oxygen atoms in total. The van der Waals surface area contributed by atoms with E-state index in [4.69, 9.17) is 14.8 Å². The minimum absolute atomic E-state index is 0.00430. The van der Waals surface area contributed by atoms with Crippen molar-refractivity contribution in [2.45, 2.75) is 39.7 Å². The van der Waals surface area contributed by atoms with Crippen LogP contribution in [0.15, 0.2) is 60.7 Å². The van der Waals surface area contributed by atoms with Crippen LogP contribution in [0.1, 0.15) is 36.1 Å². The van der Waals surface area contributed by atoms with E-state index >= 15 is 0 Å². The zero-order valence-corrected chi connectivity index (χ0v) is 19.6. The molecule has 4 rings (SSSR count). The summed E-state index contributed by atoms with van der Waals surface area (Å²) in [5.41, 5.74) is 5.77. The first-order valence-electron chi connectivity index (χ1n) is 11.3. The van der Waals surface area contributed by atoms with Gasteiger partial charge in [0.25, 0.3) is 0 Å². The topological polar surface area (TPSA) is 69.0 Å². The normalized spacial score (nSPS) is 12.0. The first-order valence-corrected chi connectivity index (χ1v) is 11.3. The summed E-state index contributed by atoms with van der Waals surface area (Å²) in [6, 6.07) is 20.1. The van der Waals surface area contributed by atoms with Gasteiger partial charge in [0.15, 0.2) is 5.65 Å². The molecule has 0 aliphatic rings. The number of rotatable bonds is 8. The zero-order chi connectivity index (χ0) is 23.4. The van der Waals surface area contributed by atoms with Crippen molar-refractivity contribution in [1.82, 2.24) is 20.1 Å². The molecule has 0 aliphatic heterocycles. The third-order valence-corrected chi connectivity index (χ3v) is 5.91. The van der Waals surface area contributed by atoms with E-state index < -0.39 is 0 Å². The van der Waals surface area contributed by atoms with Gasteiger partial charge in [-0.05, 0) is 49.1 Å². The smallest absolute Gasteiger partial charge is 0.221 e. The molecule has 1 N–H and O–H groups in total. The molecule has 2 aromatic carbocycles. The number of aromatic nitrogens is 3. The number of pyridine rings is 1. The number of amides is 1. The number of carbonyl (C=O) groups is 1. The number of para-hydroxylation sites is 1. The number of nitrogens with one attached hydrogen (secondary N) is 1. The van der Waals surface area contributed by atoms with E-state index in [1.54, 1.807) is 7.11 Å². The SMILES string of the molecule is COc1ccccc1-c1nn(CCC(=O)NCC(C)c2ccccc2)c2nc(C)cc(C)c12. The summed E-state index contributed by atoms with van der Waals surface area (Å²) in [5, 5.41) is 8.93. The number of benzene rings is 2. The summed E-state index contributed by atoms with van der Waals surface area (Å²) in [6.45, 7) is 7.22. The Morgan fingerprint density at radius 3 is 2.58 bits per heavy atom. The number of fused-ring (bicyclic) bond motifs is 1. The van der Waals surface area contributed by atoms with Crippen LogP contribution in [0.5, 0.6) is 5.75 Å². The van der Waals surface area contributed by atoms with Crippen molar-refractivity contribution in [3.63, 3.8) is 0 Å². The molecule has 0 bridgehead atoms. The fourth-order valence-electron chi connectivity index (χ4n) is 4.16. The molecule has 6 heteroatoms. The Morgan fingerprint density at radius 1 is 1.09 bits per heavy atom. The zero-order valence-electron chi connectivity index (χ0n) is 19.6. The lowest BCUT2D eigenvalue weighted by Crippen LogP contribution is -2.28. The molecule has 1 amide bonds. The van der Waals surface area contributed by atoms with E-state index in [9.17, 15) is 4.79 Å². The molecule has 4 aromatic rings. The molecule has 1 atom stereocenters. The van der Waals surface area contributed by atoms with Crippen molar-refractivity contribution in [1.29, 1.82) is 0 Å². The molecule has 2 aromatic heterocycles. The van der Waals surface area contributed by atoms with Crippen LogP contribution in [-0.4, -0.2) is 34.3 Å². The third-order valence-electron chi connectivity index (χ3n) is 5.91. The van der Waals surface area contributed by atoms with Gasteiger partial charge in [0.2, 0.25) is 5.91 Å². The lowest BCUT2D eigenvalue weighted by atomic mass is 10.0. The van der Waals surface area contributed by atoms with Gasteiger partial charge >= 0.3 is 0 Å². The Bertz CT molecular complexity index is 1260. The van der Waals surface area contributed by atoms with Crippen LogP contribution >= 0.6 is 0 Å². The molecule has 0 fully saturated rings. The maximum absolute atomic E-state index is 12.6. The summed E-state index contributed by atoms with van der Waals surface area (Å²) in [5.74, 6) is 1.02. The Hall–Kier alpha value is -3.67. The van der Waals surface area contributed by atoms with E-state index in [2.05, 4.69) is 37.4 Å². The lowest BCUT2D eigenvalue weighted by Gasteiger charge is -2.13. The largest absolute Gasteiger partial charge is 0.496 e. The second-order valence-corrected chi connectivity index (χ2v) is 8.42. The Kier molecular flexibility index (Phi) is 6.73. The van der Waals surface area contributed by atoms with Gasteiger partial charge < -0.3 is 10.1 Å². The van der Waals surface area contributed by atoms with Crippen LogP contribution in [0.2, 0.25) is 0 Å². The van der Waals surface area contributed by atoms with Crippen LogP contribution in [0.3, 0.4) is 0 Å². The summed E-state index contributed by atoms with van der Waals surface area (Å²) < 4.78 is 7.42. The molecule has 0 spiro atoms. The highest BCUT2D eigenvalue weighted by Gasteiger charge is 2.19. The number of methoxy groups -OCH3 is 1. The van der Waals surface area contributed by atoms with E-state index in [0.717, 1.165) is 39.3 Å². The average molecular weight is 443 g/mol.